The monoisotopic (exact) mass is 406 g/mol. The van der Waals surface area contributed by atoms with E-state index in [1.165, 1.54) is 0 Å². The molecule has 28 heavy (non-hydrogen) atoms. The fourth-order valence-corrected chi connectivity index (χ4v) is 3.93. The van der Waals surface area contributed by atoms with Gasteiger partial charge in [-0.15, -0.1) is 0 Å². The Bertz CT molecular complexity index is 1100. The molecule has 5 rings (SSSR count). The van der Waals surface area contributed by atoms with Gasteiger partial charge in [0.05, 0.1) is 12.2 Å². The van der Waals surface area contributed by atoms with Gasteiger partial charge in [0, 0.05) is 32.9 Å². The molecule has 3 nitrogen and oxygen atoms in total. The molecule has 5 heteroatoms. The van der Waals surface area contributed by atoms with E-state index in [9.17, 15) is 0 Å². The summed E-state index contributed by atoms with van der Waals surface area (Å²) in [5.41, 5.74) is 3.36. The Hall–Kier alpha value is -2.75. The minimum absolute atomic E-state index is 0.601. The standard InChI is InChI=1S/C23H16Cl2N2O/c24-19-10-6-16(7-11-19)21-14-27-15-23(28-22(27)26-21,17-4-2-1-3-5-17)18-8-12-20(25)13-9-18/h1-14H,15H2. The molecule has 1 aliphatic rings. The number of benzene rings is 3. The van der Waals surface area contributed by atoms with E-state index in [4.69, 9.17) is 32.9 Å². The Morgan fingerprint density at radius 3 is 2.04 bits per heavy atom. The number of nitrogens with zero attached hydrogens (tertiary/aromatic N) is 2. The summed E-state index contributed by atoms with van der Waals surface area (Å²) >= 11 is 12.1. The van der Waals surface area contributed by atoms with Crippen LogP contribution in [0.1, 0.15) is 11.1 Å². The van der Waals surface area contributed by atoms with E-state index in [1.54, 1.807) is 0 Å². The zero-order valence-corrected chi connectivity index (χ0v) is 16.4. The lowest BCUT2D eigenvalue weighted by molar-refractivity contribution is 0.132. The molecule has 0 N–H and O–H groups in total. The molecule has 138 valence electrons. The Morgan fingerprint density at radius 1 is 0.786 bits per heavy atom. The fraction of sp³-hybridized carbons (Fsp3) is 0.0870. The number of hydrogen-bond donors (Lipinski definition) is 0. The zero-order chi connectivity index (χ0) is 19.1. The molecular formula is C23H16Cl2N2O. The molecule has 1 aliphatic heterocycles. The molecule has 3 aromatic carbocycles. The minimum atomic E-state index is -0.632. The molecule has 4 aromatic rings. The summed E-state index contributed by atoms with van der Waals surface area (Å²) in [4.78, 5) is 4.73. The van der Waals surface area contributed by atoms with E-state index in [-0.39, 0.29) is 0 Å². The lowest BCUT2D eigenvalue weighted by atomic mass is 9.86. The van der Waals surface area contributed by atoms with Crippen LogP contribution >= 0.6 is 23.2 Å². The summed E-state index contributed by atoms with van der Waals surface area (Å²) in [6.45, 7) is 0.634. The Balaban J connectivity index is 1.57. The van der Waals surface area contributed by atoms with E-state index >= 15 is 0 Å². The third-order valence-corrected chi connectivity index (χ3v) is 5.59. The quantitative estimate of drug-likeness (QED) is 0.405. The first-order valence-corrected chi connectivity index (χ1v) is 9.73. The average Bonchev–Trinajstić information content (AvgIpc) is 3.27. The van der Waals surface area contributed by atoms with Gasteiger partial charge >= 0.3 is 0 Å². The van der Waals surface area contributed by atoms with Gasteiger partial charge in [-0.05, 0) is 24.3 Å². The highest BCUT2D eigenvalue weighted by Crippen LogP contribution is 2.43. The highest BCUT2D eigenvalue weighted by molar-refractivity contribution is 6.30. The lowest BCUT2D eigenvalue weighted by Crippen LogP contribution is -2.33. The number of aromatic nitrogens is 2. The normalized spacial score (nSPS) is 17.9. The van der Waals surface area contributed by atoms with Gasteiger partial charge in [0.1, 0.15) is 0 Å². The summed E-state index contributed by atoms with van der Waals surface area (Å²) in [5, 5.41) is 1.41. The summed E-state index contributed by atoms with van der Waals surface area (Å²) < 4.78 is 8.58. The summed E-state index contributed by atoms with van der Waals surface area (Å²) in [7, 11) is 0. The van der Waals surface area contributed by atoms with Crippen molar-refractivity contribution in [3.8, 4) is 17.3 Å². The van der Waals surface area contributed by atoms with Crippen LogP contribution < -0.4 is 4.74 Å². The van der Waals surface area contributed by atoms with Crippen LogP contribution in [0.4, 0.5) is 0 Å². The topological polar surface area (TPSA) is 27.1 Å². The van der Waals surface area contributed by atoms with Crippen LogP contribution in [0.2, 0.25) is 10.0 Å². The van der Waals surface area contributed by atoms with Crippen LogP contribution in [0.25, 0.3) is 11.3 Å². The molecule has 2 heterocycles. The SMILES string of the molecule is Clc1ccc(-c2cn3c(n2)OC(c2ccccc2)(c2ccc(Cl)cc2)C3)cc1. The van der Waals surface area contributed by atoms with Gasteiger partial charge in [0.25, 0.3) is 6.01 Å². The Morgan fingerprint density at radius 2 is 1.39 bits per heavy atom. The van der Waals surface area contributed by atoms with Gasteiger partial charge in [-0.1, -0.05) is 77.8 Å². The van der Waals surface area contributed by atoms with Crippen molar-refractivity contribution in [2.75, 3.05) is 0 Å². The number of imidazole rings is 1. The number of rotatable bonds is 3. The van der Waals surface area contributed by atoms with Crippen LogP contribution in [0.5, 0.6) is 6.01 Å². The fourth-order valence-electron chi connectivity index (χ4n) is 3.68. The molecule has 0 saturated heterocycles. The smallest absolute Gasteiger partial charge is 0.298 e. The van der Waals surface area contributed by atoms with Gasteiger partial charge in [-0.25, -0.2) is 0 Å². The third-order valence-electron chi connectivity index (χ3n) is 5.09. The van der Waals surface area contributed by atoms with E-state index in [0.29, 0.717) is 22.6 Å². The van der Waals surface area contributed by atoms with Gasteiger partial charge in [-0.2, -0.15) is 4.98 Å². The molecule has 0 radical (unpaired) electrons. The van der Waals surface area contributed by atoms with Crippen molar-refractivity contribution in [3.05, 3.63) is 106 Å². The largest absolute Gasteiger partial charge is 0.446 e. The van der Waals surface area contributed by atoms with E-state index in [2.05, 4.69) is 16.7 Å². The predicted molar refractivity (Wildman–Crippen MR) is 112 cm³/mol. The Labute approximate surface area is 173 Å². The average molecular weight is 407 g/mol. The first-order valence-electron chi connectivity index (χ1n) is 8.98. The molecule has 0 fully saturated rings. The van der Waals surface area contributed by atoms with Crippen molar-refractivity contribution < 1.29 is 4.74 Å². The molecule has 1 aromatic heterocycles. The molecule has 1 atom stereocenters. The van der Waals surface area contributed by atoms with E-state index in [1.807, 2.05) is 72.9 Å². The molecule has 0 spiro atoms. The number of hydrogen-bond acceptors (Lipinski definition) is 2. The van der Waals surface area contributed by atoms with Gasteiger partial charge in [0.2, 0.25) is 0 Å². The zero-order valence-electron chi connectivity index (χ0n) is 14.8. The predicted octanol–water partition coefficient (Wildman–Crippen LogP) is 6.19. The molecular weight excluding hydrogens is 391 g/mol. The number of halogens is 2. The Kier molecular flexibility index (Phi) is 4.15. The first-order chi connectivity index (χ1) is 13.6. The number of fused-ring (bicyclic) bond motifs is 1. The van der Waals surface area contributed by atoms with E-state index in [0.717, 1.165) is 22.4 Å². The first kappa shape index (κ1) is 17.4. The summed E-state index contributed by atoms with van der Waals surface area (Å²) in [5.74, 6) is 0. The maximum absolute atomic E-state index is 6.52. The van der Waals surface area contributed by atoms with Crippen LogP contribution in [-0.4, -0.2) is 9.55 Å². The maximum atomic E-state index is 6.52. The molecule has 0 amide bonds. The van der Waals surface area contributed by atoms with Crippen molar-refractivity contribution in [1.82, 2.24) is 9.55 Å². The van der Waals surface area contributed by atoms with Crippen molar-refractivity contribution in [1.29, 1.82) is 0 Å². The minimum Gasteiger partial charge on any atom is -0.446 e. The second kappa shape index (κ2) is 6.69. The van der Waals surface area contributed by atoms with E-state index < -0.39 is 5.60 Å². The van der Waals surface area contributed by atoms with Gasteiger partial charge < -0.3 is 4.74 Å². The second-order valence-corrected chi connectivity index (χ2v) is 7.72. The van der Waals surface area contributed by atoms with Crippen LogP contribution in [0, 0.1) is 0 Å². The third kappa shape index (κ3) is 2.88. The molecule has 1 unspecified atom stereocenters. The van der Waals surface area contributed by atoms with Crippen LogP contribution in [-0.2, 0) is 12.1 Å². The van der Waals surface area contributed by atoms with Crippen LogP contribution in [0.15, 0.2) is 85.1 Å². The molecule has 0 aliphatic carbocycles. The number of ether oxygens (including phenoxy) is 1. The van der Waals surface area contributed by atoms with Gasteiger partial charge in [-0.3, -0.25) is 4.57 Å². The summed E-state index contributed by atoms with van der Waals surface area (Å²) in [6.07, 6.45) is 2.03. The van der Waals surface area contributed by atoms with Crippen molar-refractivity contribution >= 4 is 23.2 Å². The lowest BCUT2D eigenvalue weighted by Gasteiger charge is -2.29. The van der Waals surface area contributed by atoms with Crippen molar-refractivity contribution in [2.24, 2.45) is 0 Å². The van der Waals surface area contributed by atoms with Gasteiger partial charge in [0.15, 0.2) is 5.60 Å². The van der Waals surface area contributed by atoms with Crippen LogP contribution in [0.3, 0.4) is 0 Å². The maximum Gasteiger partial charge on any atom is 0.298 e. The van der Waals surface area contributed by atoms with Crippen molar-refractivity contribution in [2.45, 2.75) is 12.1 Å². The summed E-state index contributed by atoms with van der Waals surface area (Å²) in [6, 6.07) is 26.3. The molecule has 0 bridgehead atoms. The highest BCUT2D eigenvalue weighted by atomic mass is 35.5. The molecule has 0 saturated carbocycles. The van der Waals surface area contributed by atoms with Crippen molar-refractivity contribution in [3.63, 3.8) is 0 Å². The highest BCUT2D eigenvalue weighted by Gasteiger charge is 2.44. The second-order valence-electron chi connectivity index (χ2n) is 6.85.